The van der Waals surface area contributed by atoms with Crippen molar-refractivity contribution in [1.29, 1.82) is 0 Å². The van der Waals surface area contributed by atoms with Crippen molar-refractivity contribution in [2.75, 3.05) is 59.2 Å². The van der Waals surface area contributed by atoms with Gasteiger partial charge in [0.05, 0.1) is 13.2 Å². The first kappa shape index (κ1) is 13.8. The molecule has 0 aromatic carbocycles. The van der Waals surface area contributed by atoms with Crippen molar-refractivity contribution in [2.45, 2.75) is 26.2 Å². The summed E-state index contributed by atoms with van der Waals surface area (Å²) in [6.07, 6.45) is 3.64. The Morgan fingerprint density at radius 3 is 2.68 bits per heavy atom. The van der Waals surface area contributed by atoms with E-state index in [2.05, 4.69) is 17.1 Å². The lowest BCUT2D eigenvalue weighted by Gasteiger charge is -2.40. The average Bonchev–Trinajstić information content (AvgIpc) is 2.73. The summed E-state index contributed by atoms with van der Waals surface area (Å²) in [6.45, 7) is 11.9. The van der Waals surface area contributed by atoms with Crippen LogP contribution in [0.1, 0.15) is 26.2 Å². The first-order valence-electron chi connectivity index (χ1n) is 7.79. The van der Waals surface area contributed by atoms with E-state index in [0.717, 1.165) is 33.0 Å². The van der Waals surface area contributed by atoms with E-state index in [-0.39, 0.29) is 0 Å². The Labute approximate surface area is 116 Å². The van der Waals surface area contributed by atoms with E-state index in [1.807, 2.05) is 0 Å². The Balaban J connectivity index is 1.63. The van der Waals surface area contributed by atoms with Crippen LogP contribution in [0.25, 0.3) is 0 Å². The van der Waals surface area contributed by atoms with Crippen molar-refractivity contribution in [1.82, 2.24) is 10.2 Å². The predicted molar refractivity (Wildman–Crippen MR) is 75.3 cm³/mol. The van der Waals surface area contributed by atoms with Crippen LogP contribution < -0.4 is 5.32 Å². The van der Waals surface area contributed by atoms with Gasteiger partial charge in [-0.05, 0) is 31.2 Å². The minimum Gasteiger partial charge on any atom is -0.381 e. The Morgan fingerprint density at radius 1 is 1.11 bits per heavy atom. The highest BCUT2D eigenvalue weighted by molar-refractivity contribution is 4.91. The molecule has 0 bridgehead atoms. The van der Waals surface area contributed by atoms with Crippen LogP contribution in [-0.4, -0.2) is 64.1 Å². The summed E-state index contributed by atoms with van der Waals surface area (Å²) >= 11 is 0. The number of hydrogen-bond donors (Lipinski definition) is 1. The predicted octanol–water partition coefficient (Wildman–Crippen LogP) is 1.12. The van der Waals surface area contributed by atoms with Crippen LogP contribution in [0, 0.1) is 10.8 Å². The zero-order valence-electron chi connectivity index (χ0n) is 12.2. The minimum absolute atomic E-state index is 0.358. The first-order chi connectivity index (χ1) is 9.20. The monoisotopic (exact) mass is 268 g/mol. The van der Waals surface area contributed by atoms with Gasteiger partial charge in [-0.25, -0.2) is 0 Å². The Bertz CT molecular complexity index is 297. The third kappa shape index (κ3) is 3.30. The van der Waals surface area contributed by atoms with E-state index in [1.54, 1.807) is 0 Å². The molecule has 0 radical (unpaired) electrons. The SMILES string of the molecule is CC1(CN2CCOCC3(CCOCC3)C2)CCNC1. The maximum Gasteiger partial charge on any atom is 0.0593 e. The fourth-order valence-corrected chi connectivity index (χ4v) is 3.87. The van der Waals surface area contributed by atoms with Crippen LogP contribution in [0.15, 0.2) is 0 Å². The molecule has 0 amide bonds. The highest BCUT2D eigenvalue weighted by Gasteiger charge is 2.39. The van der Waals surface area contributed by atoms with Gasteiger partial charge in [-0.3, -0.25) is 4.90 Å². The lowest BCUT2D eigenvalue weighted by molar-refractivity contribution is -0.0332. The van der Waals surface area contributed by atoms with Crippen LogP contribution in [0.5, 0.6) is 0 Å². The second-order valence-electron chi connectivity index (χ2n) is 7.11. The van der Waals surface area contributed by atoms with Gasteiger partial charge in [0.1, 0.15) is 0 Å². The molecule has 110 valence electrons. The summed E-state index contributed by atoms with van der Waals surface area (Å²) in [5.74, 6) is 0. The molecule has 3 rings (SSSR count). The maximum absolute atomic E-state index is 5.90. The van der Waals surface area contributed by atoms with Crippen LogP contribution in [-0.2, 0) is 9.47 Å². The molecule has 1 atom stereocenters. The normalized spacial score (nSPS) is 36.5. The molecule has 3 heterocycles. The third-order valence-electron chi connectivity index (χ3n) is 5.14. The molecular formula is C15H28N2O2. The lowest BCUT2D eigenvalue weighted by Crippen LogP contribution is -2.46. The van der Waals surface area contributed by atoms with E-state index < -0.39 is 0 Å². The average molecular weight is 268 g/mol. The van der Waals surface area contributed by atoms with Crippen molar-refractivity contribution in [3.8, 4) is 0 Å². The topological polar surface area (TPSA) is 33.7 Å². The number of nitrogens with one attached hydrogen (secondary N) is 1. The molecule has 0 aromatic rings. The number of nitrogens with zero attached hydrogens (tertiary/aromatic N) is 1. The summed E-state index contributed by atoms with van der Waals surface area (Å²) in [7, 11) is 0. The fourth-order valence-electron chi connectivity index (χ4n) is 3.87. The highest BCUT2D eigenvalue weighted by Crippen LogP contribution is 2.35. The van der Waals surface area contributed by atoms with Crippen molar-refractivity contribution in [2.24, 2.45) is 10.8 Å². The molecule has 1 N–H and O–H groups in total. The molecule has 1 unspecified atom stereocenters. The van der Waals surface area contributed by atoms with Crippen molar-refractivity contribution >= 4 is 0 Å². The summed E-state index contributed by atoms with van der Waals surface area (Å²) in [6, 6.07) is 0. The lowest BCUT2D eigenvalue weighted by atomic mass is 9.80. The third-order valence-corrected chi connectivity index (χ3v) is 5.14. The molecular weight excluding hydrogens is 240 g/mol. The van der Waals surface area contributed by atoms with Gasteiger partial charge in [0.25, 0.3) is 0 Å². The Kier molecular flexibility index (Phi) is 4.13. The van der Waals surface area contributed by atoms with Gasteiger partial charge < -0.3 is 14.8 Å². The molecule has 3 saturated heterocycles. The quantitative estimate of drug-likeness (QED) is 0.813. The van der Waals surface area contributed by atoms with Crippen LogP contribution in [0.3, 0.4) is 0 Å². The first-order valence-corrected chi connectivity index (χ1v) is 7.79. The molecule has 0 saturated carbocycles. The van der Waals surface area contributed by atoms with E-state index in [9.17, 15) is 0 Å². The second kappa shape index (κ2) is 5.68. The summed E-state index contributed by atoms with van der Waals surface area (Å²) in [4.78, 5) is 2.66. The smallest absolute Gasteiger partial charge is 0.0593 e. The molecule has 3 fully saturated rings. The van der Waals surface area contributed by atoms with Crippen LogP contribution in [0.2, 0.25) is 0 Å². The van der Waals surface area contributed by atoms with Gasteiger partial charge in [0.15, 0.2) is 0 Å². The number of ether oxygens (including phenoxy) is 2. The van der Waals surface area contributed by atoms with Gasteiger partial charge in [0.2, 0.25) is 0 Å². The molecule has 1 spiro atoms. The van der Waals surface area contributed by atoms with Crippen molar-refractivity contribution in [3.63, 3.8) is 0 Å². The standard InChI is InChI=1S/C15H28N2O2/c1-14(2-5-16-10-14)11-17-6-9-19-13-15(12-17)3-7-18-8-4-15/h16H,2-13H2,1H3. The van der Waals surface area contributed by atoms with Crippen LogP contribution >= 0.6 is 0 Å². The Hall–Kier alpha value is -0.160. The van der Waals surface area contributed by atoms with Crippen molar-refractivity contribution in [3.05, 3.63) is 0 Å². The summed E-state index contributed by atoms with van der Waals surface area (Å²) in [5.41, 5.74) is 0.813. The summed E-state index contributed by atoms with van der Waals surface area (Å²) in [5, 5.41) is 3.51. The largest absolute Gasteiger partial charge is 0.381 e. The zero-order chi connectivity index (χ0) is 13.2. The maximum atomic E-state index is 5.90. The van der Waals surface area contributed by atoms with E-state index >= 15 is 0 Å². The van der Waals surface area contributed by atoms with E-state index in [0.29, 0.717) is 10.8 Å². The Morgan fingerprint density at radius 2 is 1.95 bits per heavy atom. The highest BCUT2D eigenvalue weighted by atomic mass is 16.5. The van der Waals surface area contributed by atoms with Gasteiger partial charge in [-0.1, -0.05) is 6.92 Å². The molecule has 0 aromatic heterocycles. The van der Waals surface area contributed by atoms with Gasteiger partial charge >= 0.3 is 0 Å². The van der Waals surface area contributed by atoms with Crippen LogP contribution in [0.4, 0.5) is 0 Å². The molecule has 4 heteroatoms. The van der Waals surface area contributed by atoms with Gasteiger partial charge in [0, 0.05) is 44.8 Å². The zero-order valence-corrected chi connectivity index (χ0v) is 12.2. The van der Waals surface area contributed by atoms with Crippen molar-refractivity contribution < 1.29 is 9.47 Å². The number of rotatable bonds is 2. The minimum atomic E-state index is 0.358. The molecule has 3 aliphatic rings. The van der Waals surface area contributed by atoms with E-state index in [1.165, 1.54) is 45.4 Å². The molecule has 4 nitrogen and oxygen atoms in total. The van der Waals surface area contributed by atoms with Gasteiger partial charge in [-0.2, -0.15) is 0 Å². The molecule has 3 aliphatic heterocycles. The van der Waals surface area contributed by atoms with Gasteiger partial charge in [-0.15, -0.1) is 0 Å². The molecule has 19 heavy (non-hydrogen) atoms. The second-order valence-corrected chi connectivity index (χ2v) is 7.11. The van der Waals surface area contributed by atoms with E-state index in [4.69, 9.17) is 9.47 Å². The molecule has 0 aliphatic carbocycles. The number of hydrogen-bond acceptors (Lipinski definition) is 4. The summed E-state index contributed by atoms with van der Waals surface area (Å²) < 4.78 is 11.4. The fraction of sp³-hybridized carbons (Fsp3) is 1.00.